The summed E-state index contributed by atoms with van der Waals surface area (Å²) in [5, 5.41) is 3.28. The van der Waals surface area contributed by atoms with Crippen LogP contribution >= 0.6 is 0 Å². The van der Waals surface area contributed by atoms with Crippen LogP contribution in [0.2, 0.25) is 0 Å². The fourth-order valence-electron chi connectivity index (χ4n) is 2.03. The van der Waals surface area contributed by atoms with E-state index in [0.717, 1.165) is 16.8 Å². The van der Waals surface area contributed by atoms with Gasteiger partial charge in [0, 0.05) is 25.2 Å². The molecule has 1 N–H and O–H groups in total. The summed E-state index contributed by atoms with van der Waals surface area (Å²) < 4.78 is 1.71. The van der Waals surface area contributed by atoms with Crippen molar-refractivity contribution in [3.8, 4) is 11.3 Å². The van der Waals surface area contributed by atoms with Crippen LogP contribution in [-0.4, -0.2) is 10.6 Å². The van der Waals surface area contributed by atoms with Crippen LogP contribution in [0, 0.1) is 0 Å². The van der Waals surface area contributed by atoms with Crippen LogP contribution in [0.4, 0.5) is 0 Å². The van der Waals surface area contributed by atoms with Gasteiger partial charge >= 0.3 is 0 Å². The lowest BCUT2D eigenvalue weighted by atomic mass is 10.1. The van der Waals surface area contributed by atoms with Crippen molar-refractivity contribution in [3.05, 3.63) is 58.4 Å². The molecule has 100 valence electrons. The smallest absolute Gasteiger partial charge is 0.255 e. The number of rotatable bonds is 4. The van der Waals surface area contributed by atoms with Crippen molar-refractivity contribution in [1.29, 1.82) is 0 Å². The first-order chi connectivity index (χ1) is 9.09. The Hall–Kier alpha value is -1.87. The molecule has 0 saturated carbocycles. The van der Waals surface area contributed by atoms with Crippen molar-refractivity contribution in [2.24, 2.45) is 7.05 Å². The Morgan fingerprint density at radius 3 is 2.42 bits per heavy atom. The van der Waals surface area contributed by atoms with Gasteiger partial charge in [-0.05, 0) is 11.6 Å². The van der Waals surface area contributed by atoms with E-state index >= 15 is 0 Å². The zero-order valence-corrected chi connectivity index (χ0v) is 11.7. The first-order valence-electron chi connectivity index (χ1n) is 6.57. The molecule has 1 aromatic carbocycles. The van der Waals surface area contributed by atoms with Crippen LogP contribution in [0.1, 0.15) is 19.4 Å². The van der Waals surface area contributed by atoms with Crippen molar-refractivity contribution >= 4 is 0 Å². The number of nitrogens with zero attached hydrogens (tertiary/aromatic N) is 1. The number of aromatic nitrogens is 1. The van der Waals surface area contributed by atoms with Gasteiger partial charge in [-0.15, -0.1) is 0 Å². The Labute approximate surface area is 113 Å². The van der Waals surface area contributed by atoms with E-state index in [-0.39, 0.29) is 5.56 Å². The van der Waals surface area contributed by atoms with Crippen molar-refractivity contribution in [1.82, 2.24) is 9.88 Å². The van der Waals surface area contributed by atoms with Gasteiger partial charge in [-0.3, -0.25) is 4.79 Å². The maximum absolute atomic E-state index is 12.3. The van der Waals surface area contributed by atoms with Gasteiger partial charge < -0.3 is 9.88 Å². The van der Waals surface area contributed by atoms with Gasteiger partial charge in [-0.2, -0.15) is 0 Å². The molecule has 0 amide bonds. The number of pyridine rings is 1. The Balaban J connectivity index is 2.36. The molecule has 2 rings (SSSR count). The summed E-state index contributed by atoms with van der Waals surface area (Å²) in [5.74, 6) is 0. The summed E-state index contributed by atoms with van der Waals surface area (Å²) in [6.07, 6.45) is 0. The maximum atomic E-state index is 12.3. The monoisotopic (exact) mass is 256 g/mol. The van der Waals surface area contributed by atoms with Crippen molar-refractivity contribution < 1.29 is 0 Å². The molecule has 0 aliphatic heterocycles. The Morgan fingerprint density at radius 2 is 1.79 bits per heavy atom. The molecule has 19 heavy (non-hydrogen) atoms. The molecule has 2 aromatic rings. The normalized spacial score (nSPS) is 10.9. The lowest BCUT2D eigenvalue weighted by Crippen LogP contribution is -2.29. The van der Waals surface area contributed by atoms with E-state index in [1.807, 2.05) is 49.5 Å². The highest BCUT2D eigenvalue weighted by atomic mass is 16.1. The summed E-state index contributed by atoms with van der Waals surface area (Å²) in [6, 6.07) is 14.3. The predicted molar refractivity (Wildman–Crippen MR) is 79.1 cm³/mol. The third-order valence-corrected chi connectivity index (χ3v) is 3.15. The second kappa shape index (κ2) is 5.85. The molecule has 0 aliphatic rings. The zero-order valence-electron chi connectivity index (χ0n) is 11.7. The highest BCUT2D eigenvalue weighted by Gasteiger charge is 2.07. The number of benzene rings is 1. The van der Waals surface area contributed by atoms with Gasteiger partial charge in [0.25, 0.3) is 5.56 Å². The average Bonchev–Trinajstić information content (AvgIpc) is 2.41. The van der Waals surface area contributed by atoms with E-state index in [0.29, 0.717) is 12.6 Å². The standard InChI is InChI=1S/C16H20N2O/c1-12(2)17-11-14-9-10-15(18(3)16(14)19)13-7-5-4-6-8-13/h4-10,12,17H,11H2,1-3H3. The van der Waals surface area contributed by atoms with E-state index < -0.39 is 0 Å². The van der Waals surface area contributed by atoms with E-state index in [9.17, 15) is 4.79 Å². The lowest BCUT2D eigenvalue weighted by molar-refractivity contribution is 0.583. The second-order valence-corrected chi connectivity index (χ2v) is 5.01. The van der Waals surface area contributed by atoms with E-state index in [1.54, 1.807) is 4.57 Å². The molecular weight excluding hydrogens is 236 g/mol. The molecule has 0 unspecified atom stereocenters. The highest BCUT2D eigenvalue weighted by molar-refractivity contribution is 5.59. The van der Waals surface area contributed by atoms with Crippen molar-refractivity contribution in [2.75, 3.05) is 0 Å². The summed E-state index contributed by atoms with van der Waals surface area (Å²) in [7, 11) is 1.82. The number of hydrogen-bond donors (Lipinski definition) is 1. The SMILES string of the molecule is CC(C)NCc1ccc(-c2ccccc2)n(C)c1=O. The summed E-state index contributed by atoms with van der Waals surface area (Å²) in [5.41, 5.74) is 2.87. The fourth-order valence-corrected chi connectivity index (χ4v) is 2.03. The van der Waals surface area contributed by atoms with Crippen LogP contribution in [-0.2, 0) is 13.6 Å². The molecule has 0 aliphatic carbocycles. The largest absolute Gasteiger partial charge is 0.311 e. The molecule has 0 atom stereocenters. The lowest BCUT2D eigenvalue weighted by Gasteiger charge is -2.12. The van der Waals surface area contributed by atoms with Crippen LogP contribution < -0.4 is 10.9 Å². The summed E-state index contributed by atoms with van der Waals surface area (Å²) >= 11 is 0. The summed E-state index contributed by atoms with van der Waals surface area (Å²) in [4.78, 5) is 12.3. The first-order valence-corrected chi connectivity index (χ1v) is 6.57. The van der Waals surface area contributed by atoms with Gasteiger partial charge in [-0.1, -0.05) is 50.2 Å². The fraction of sp³-hybridized carbons (Fsp3) is 0.312. The van der Waals surface area contributed by atoms with Crippen molar-refractivity contribution in [2.45, 2.75) is 26.4 Å². The average molecular weight is 256 g/mol. The summed E-state index contributed by atoms with van der Waals surface area (Å²) in [6.45, 7) is 4.75. The first kappa shape index (κ1) is 13.6. The predicted octanol–water partition coefficient (Wildman–Crippen LogP) is 2.55. The molecule has 1 aromatic heterocycles. The number of nitrogens with one attached hydrogen (secondary N) is 1. The minimum absolute atomic E-state index is 0.0644. The molecule has 0 fully saturated rings. The third kappa shape index (κ3) is 3.12. The van der Waals surface area contributed by atoms with Crippen LogP contribution in [0.15, 0.2) is 47.3 Å². The van der Waals surface area contributed by atoms with E-state index in [2.05, 4.69) is 19.2 Å². The molecule has 3 heteroatoms. The molecule has 0 saturated heterocycles. The molecule has 0 radical (unpaired) electrons. The van der Waals surface area contributed by atoms with Gasteiger partial charge in [0.1, 0.15) is 0 Å². The minimum Gasteiger partial charge on any atom is -0.311 e. The Morgan fingerprint density at radius 1 is 1.11 bits per heavy atom. The minimum atomic E-state index is 0.0644. The van der Waals surface area contributed by atoms with E-state index in [4.69, 9.17) is 0 Å². The van der Waals surface area contributed by atoms with Gasteiger partial charge in [0.05, 0.1) is 5.69 Å². The van der Waals surface area contributed by atoms with Gasteiger partial charge in [-0.25, -0.2) is 0 Å². The quantitative estimate of drug-likeness (QED) is 0.912. The van der Waals surface area contributed by atoms with E-state index in [1.165, 1.54) is 0 Å². The zero-order chi connectivity index (χ0) is 13.8. The molecule has 1 heterocycles. The second-order valence-electron chi connectivity index (χ2n) is 5.01. The molecule has 3 nitrogen and oxygen atoms in total. The topological polar surface area (TPSA) is 34.0 Å². The molecule has 0 spiro atoms. The maximum Gasteiger partial charge on any atom is 0.255 e. The van der Waals surface area contributed by atoms with Crippen LogP contribution in [0.3, 0.4) is 0 Å². The van der Waals surface area contributed by atoms with Crippen LogP contribution in [0.5, 0.6) is 0 Å². The van der Waals surface area contributed by atoms with Gasteiger partial charge in [0.2, 0.25) is 0 Å². The van der Waals surface area contributed by atoms with Crippen LogP contribution in [0.25, 0.3) is 11.3 Å². The molecule has 0 bridgehead atoms. The number of hydrogen-bond acceptors (Lipinski definition) is 2. The Kier molecular flexibility index (Phi) is 4.17. The van der Waals surface area contributed by atoms with Gasteiger partial charge in [0.15, 0.2) is 0 Å². The molecular formula is C16H20N2O. The Bertz CT molecular complexity index is 600. The van der Waals surface area contributed by atoms with Crippen molar-refractivity contribution in [3.63, 3.8) is 0 Å². The third-order valence-electron chi connectivity index (χ3n) is 3.15. The highest BCUT2D eigenvalue weighted by Crippen LogP contribution is 2.16.